The van der Waals surface area contributed by atoms with Crippen LogP contribution in [-0.2, 0) is 25.8 Å². The molecule has 14 heteroatoms. The second kappa shape index (κ2) is 8.81. The first-order chi connectivity index (χ1) is 17.4. The van der Waals surface area contributed by atoms with Gasteiger partial charge in [-0.2, -0.15) is 0 Å². The maximum absolute atomic E-state index is 13.1. The fourth-order valence-electron chi connectivity index (χ4n) is 4.91. The van der Waals surface area contributed by atoms with Crippen LogP contribution in [0, 0.1) is 0 Å². The average molecular weight is 530 g/mol. The smallest absolute Gasteiger partial charge is 0.286 e. The molecule has 4 atom stereocenters. The molecule has 2 unspecified atom stereocenters. The Morgan fingerprint density at radius 1 is 1.33 bits per heavy atom. The van der Waals surface area contributed by atoms with E-state index in [0.29, 0.717) is 30.2 Å². The fraction of sp³-hybridized carbons (Fsp3) is 0.364. The lowest BCUT2D eigenvalue weighted by Crippen LogP contribution is -2.74. The van der Waals surface area contributed by atoms with Crippen LogP contribution < -0.4 is 20.6 Å². The molecular weight excluding hydrogens is 506 g/mol. The van der Waals surface area contributed by atoms with Crippen LogP contribution in [0.4, 0.5) is 0 Å². The van der Waals surface area contributed by atoms with Crippen molar-refractivity contribution in [3.8, 4) is 0 Å². The van der Waals surface area contributed by atoms with Gasteiger partial charge in [-0.3, -0.25) is 24.3 Å². The molecule has 0 aromatic carbocycles. The number of carboxylic acids is 1. The van der Waals surface area contributed by atoms with E-state index >= 15 is 0 Å². The van der Waals surface area contributed by atoms with E-state index in [1.54, 1.807) is 17.3 Å². The Kier molecular flexibility index (Phi) is 5.72. The number of aromatic nitrogens is 2. The van der Waals surface area contributed by atoms with Gasteiger partial charge in [-0.15, -0.1) is 11.8 Å². The van der Waals surface area contributed by atoms with Gasteiger partial charge in [-0.25, -0.2) is 8.97 Å². The molecule has 2 amide bonds. The van der Waals surface area contributed by atoms with E-state index in [1.807, 2.05) is 45.8 Å². The first kappa shape index (κ1) is 23.4. The van der Waals surface area contributed by atoms with E-state index in [4.69, 9.17) is 10.6 Å². The third kappa shape index (κ3) is 3.43. The van der Waals surface area contributed by atoms with Crippen LogP contribution in [-0.4, -0.2) is 72.7 Å². The molecule has 6 rings (SSSR count). The quantitative estimate of drug-likeness (QED) is 0.316. The highest BCUT2D eigenvalue weighted by Crippen LogP contribution is 2.44. The minimum Gasteiger partial charge on any atom is -0.543 e. The standard InChI is InChI=1S/C22H23N7O5S2/c1-2-34-29-17(13-11-36-22(23)28(13)29)18(30)24-15-19(31)27-16(21(32)33)12(10-35-20(15)27)9-26-8-7-25-6-4-3-5-14(25)26/h3-8,11,15,17,20,22H,2,9-10,23H2,1H3,(H-,24,30,32,33)/t15-,17?,20+,22?/m1/s1. The van der Waals surface area contributed by atoms with Gasteiger partial charge in [-0.1, -0.05) is 23.0 Å². The Labute approximate surface area is 214 Å². The number of carbonyl (C=O) groups is 3. The Balaban J connectivity index is 1.20. The Morgan fingerprint density at radius 3 is 2.94 bits per heavy atom. The summed E-state index contributed by atoms with van der Waals surface area (Å²) in [5, 5.41) is 19.3. The van der Waals surface area contributed by atoms with Gasteiger partial charge in [0.15, 0.2) is 6.04 Å². The molecule has 36 heavy (non-hydrogen) atoms. The van der Waals surface area contributed by atoms with Crippen molar-refractivity contribution in [3.05, 3.63) is 59.2 Å². The maximum atomic E-state index is 13.1. The molecule has 188 valence electrons. The number of nitrogens with two attached hydrogens (primary N) is 1. The van der Waals surface area contributed by atoms with E-state index in [-0.39, 0.29) is 11.2 Å². The molecule has 0 bridgehead atoms. The number of fused-ring (bicyclic) bond motifs is 3. The number of pyridine rings is 1. The summed E-state index contributed by atoms with van der Waals surface area (Å²) >= 11 is 2.79. The average Bonchev–Trinajstić information content (AvgIpc) is 3.41. The largest absolute Gasteiger partial charge is 0.543 e. The number of hydrogen-bond acceptors (Lipinski definition) is 10. The fourth-order valence-corrected chi connectivity index (χ4v) is 7.09. The third-order valence-corrected chi connectivity index (χ3v) is 8.72. The highest BCUT2D eigenvalue weighted by molar-refractivity contribution is 8.02. The second-order valence-electron chi connectivity index (χ2n) is 8.56. The number of carboxylic acid groups (broad SMARTS) is 1. The van der Waals surface area contributed by atoms with Crippen molar-refractivity contribution in [1.82, 2.24) is 25.0 Å². The molecule has 4 aliphatic heterocycles. The predicted molar refractivity (Wildman–Crippen MR) is 127 cm³/mol. The normalized spacial score (nSPS) is 27.4. The van der Waals surface area contributed by atoms with Crippen LogP contribution >= 0.6 is 23.5 Å². The maximum Gasteiger partial charge on any atom is 0.286 e. The van der Waals surface area contributed by atoms with Gasteiger partial charge in [0.05, 0.1) is 30.2 Å². The van der Waals surface area contributed by atoms with Crippen molar-refractivity contribution >= 4 is 47.0 Å². The van der Waals surface area contributed by atoms with Crippen LogP contribution in [0.3, 0.4) is 0 Å². The molecule has 4 aliphatic rings. The van der Waals surface area contributed by atoms with Gasteiger partial charge in [0.2, 0.25) is 5.91 Å². The van der Waals surface area contributed by atoms with Gasteiger partial charge in [-0.05, 0) is 18.4 Å². The minimum atomic E-state index is -1.41. The van der Waals surface area contributed by atoms with Crippen molar-refractivity contribution in [1.29, 1.82) is 0 Å². The first-order valence-corrected chi connectivity index (χ1v) is 13.4. The number of carbonyl (C=O) groups excluding carboxylic acids is 3. The number of β-lactam (4-membered cyclic amide) rings is 1. The highest BCUT2D eigenvalue weighted by atomic mass is 32.2. The number of amides is 2. The topological polar surface area (TPSA) is 140 Å². The van der Waals surface area contributed by atoms with E-state index < -0.39 is 35.2 Å². The molecule has 0 aliphatic carbocycles. The number of rotatable bonds is 7. The summed E-state index contributed by atoms with van der Waals surface area (Å²) in [6.07, 6.45) is 5.65. The van der Waals surface area contributed by atoms with Gasteiger partial charge in [0, 0.05) is 17.4 Å². The lowest BCUT2D eigenvalue weighted by atomic mass is 10.0. The first-order valence-electron chi connectivity index (χ1n) is 11.4. The molecule has 2 fully saturated rings. The zero-order valence-electron chi connectivity index (χ0n) is 19.1. The number of hydrazine groups is 1. The zero-order valence-corrected chi connectivity index (χ0v) is 20.8. The number of nitrogens with zero attached hydrogens (tertiary/aromatic N) is 5. The lowest BCUT2D eigenvalue weighted by molar-refractivity contribution is -0.510. The second-order valence-corrected chi connectivity index (χ2v) is 10.7. The SMILES string of the molecule is CCON1C(C(=O)N[C@@H]2C(=O)N3C(C(=O)[O-])=C(Cn4cc[n+]5ccccc45)CS[C@@H]23)C2=CSC(N)N21. The Hall–Kier alpha value is -3.04. The van der Waals surface area contributed by atoms with Gasteiger partial charge in [0.25, 0.3) is 11.6 Å². The summed E-state index contributed by atoms with van der Waals surface area (Å²) in [5.74, 6) is -1.90. The number of hydroxylamine groups is 1. The van der Waals surface area contributed by atoms with E-state index in [9.17, 15) is 19.5 Å². The van der Waals surface area contributed by atoms with Crippen LogP contribution in [0.25, 0.3) is 5.65 Å². The highest BCUT2D eigenvalue weighted by Gasteiger charge is 2.57. The van der Waals surface area contributed by atoms with Crippen LogP contribution in [0.2, 0.25) is 0 Å². The number of nitrogens with one attached hydrogen (secondary N) is 1. The molecule has 2 aromatic rings. The van der Waals surface area contributed by atoms with Crippen LogP contribution in [0.1, 0.15) is 6.92 Å². The molecule has 0 saturated carbocycles. The van der Waals surface area contributed by atoms with Crippen LogP contribution in [0.15, 0.2) is 59.2 Å². The Morgan fingerprint density at radius 2 is 2.17 bits per heavy atom. The van der Waals surface area contributed by atoms with E-state index in [1.165, 1.54) is 33.6 Å². The molecule has 0 radical (unpaired) electrons. The minimum absolute atomic E-state index is 0.122. The summed E-state index contributed by atoms with van der Waals surface area (Å²) < 4.78 is 3.85. The molecule has 6 heterocycles. The van der Waals surface area contributed by atoms with Crippen molar-refractivity contribution in [3.63, 3.8) is 0 Å². The molecule has 2 saturated heterocycles. The van der Waals surface area contributed by atoms with Crippen LogP contribution in [0.5, 0.6) is 0 Å². The third-order valence-electron chi connectivity index (χ3n) is 6.53. The number of thioether (sulfide) groups is 2. The van der Waals surface area contributed by atoms with Crippen molar-refractivity contribution < 1.29 is 28.7 Å². The summed E-state index contributed by atoms with van der Waals surface area (Å²) in [4.78, 5) is 45.1. The zero-order chi connectivity index (χ0) is 25.1. The Bertz CT molecular complexity index is 1340. The lowest BCUT2D eigenvalue weighted by Gasteiger charge is -2.53. The number of aliphatic carboxylic acids is 1. The van der Waals surface area contributed by atoms with Gasteiger partial charge in [0.1, 0.15) is 35.9 Å². The molecule has 3 N–H and O–H groups in total. The molecular formula is C22H23N7O5S2. The van der Waals surface area contributed by atoms with Gasteiger partial charge < -0.3 is 21.0 Å². The monoisotopic (exact) mass is 529 g/mol. The summed E-state index contributed by atoms with van der Waals surface area (Å²) in [6, 6.07) is 4.16. The summed E-state index contributed by atoms with van der Waals surface area (Å²) in [6.45, 7) is 2.45. The van der Waals surface area contributed by atoms with Crippen molar-refractivity contribution in [2.45, 2.75) is 36.4 Å². The van der Waals surface area contributed by atoms with E-state index in [2.05, 4.69) is 5.32 Å². The molecule has 12 nitrogen and oxygen atoms in total. The van der Waals surface area contributed by atoms with Gasteiger partial charge >= 0.3 is 0 Å². The molecule has 0 spiro atoms. The number of imidazole rings is 1. The number of hydrogen-bond donors (Lipinski definition) is 2. The van der Waals surface area contributed by atoms with Crippen molar-refractivity contribution in [2.75, 3.05) is 12.4 Å². The predicted octanol–water partition coefficient (Wildman–Crippen LogP) is -1.69. The summed E-state index contributed by atoms with van der Waals surface area (Å²) in [5.41, 5.74) is 7.71. The summed E-state index contributed by atoms with van der Waals surface area (Å²) in [7, 11) is 0. The van der Waals surface area contributed by atoms with E-state index in [0.717, 1.165) is 5.65 Å². The van der Waals surface area contributed by atoms with Crippen molar-refractivity contribution in [2.24, 2.45) is 5.73 Å². The molecule has 2 aromatic heterocycles.